The van der Waals surface area contributed by atoms with Crippen LogP contribution in [-0.4, -0.2) is 26.2 Å². The molecule has 6 nitrogen and oxygen atoms in total. The first-order chi connectivity index (χ1) is 12.8. The number of hydrogen-bond acceptors (Lipinski definition) is 4. The van der Waals surface area contributed by atoms with Crippen LogP contribution in [0.3, 0.4) is 0 Å². The van der Waals surface area contributed by atoms with Crippen molar-refractivity contribution in [1.82, 2.24) is 10.0 Å². The molecule has 1 heterocycles. The molecule has 2 N–H and O–H groups in total. The Balaban J connectivity index is 1.73. The predicted molar refractivity (Wildman–Crippen MR) is 105 cm³/mol. The Bertz CT molecular complexity index is 982. The minimum atomic E-state index is -3.61. The highest BCUT2D eigenvalue weighted by atomic mass is 32.2. The van der Waals surface area contributed by atoms with Gasteiger partial charge in [0.05, 0.1) is 10.9 Å². The summed E-state index contributed by atoms with van der Waals surface area (Å²) >= 11 is 0. The van der Waals surface area contributed by atoms with Gasteiger partial charge in [0.15, 0.2) is 0 Å². The monoisotopic (exact) mass is 385 g/mol. The van der Waals surface area contributed by atoms with Crippen LogP contribution in [0.5, 0.6) is 0 Å². The van der Waals surface area contributed by atoms with Crippen molar-refractivity contribution < 1.29 is 13.2 Å². The Labute approximate surface area is 159 Å². The number of aliphatic imine (C=N–C) groups is 1. The number of carbonyl (C=O) groups excluding carboxylic acids is 1. The molecule has 0 spiro atoms. The van der Waals surface area contributed by atoms with Gasteiger partial charge in [0.2, 0.25) is 5.91 Å². The predicted octanol–water partition coefficient (Wildman–Crippen LogP) is 2.55. The van der Waals surface area contributed by atoms with Crippen LogP contribution in [0.2, 0.25) is 0 Å². The molecular formula is C20H23N3O3S. The third kappa shape index (κ3) is 4.03. The molecule has 0 radical (unpaired) electrons. The average molecular weight is 385 g/mol. The number of amidine groups is 1. The van der Waals surface area contributed by atoms with Crippen LogP contribution in [0.25, 0.3) is 0 Å². The summed E-state index contributed by atoms with van der Waals surface area (Å²) in [5.41, 5.74) is 2.73. The zero-order valence-corrected chi connectivity index (χ0v) is 16.4. The maximum absolute atomic E-state index is 12.5. The van der Waals surface area contributed by atoms with Gasteiger partial charge in [-0.15, -0.1) is 0 Å². The molecule has 0 bridgehead atoms. The van der Waals surface area contributed by atoms with E-state index >= 15 is 0 Å². The number of aryl methyl sites for hydroxylation is 1. The SMILES string of the molecule is CCc1ccc([C@H](C)NC(=O)[C@H](C)N=C2NS(=O)(=O)c3ccccc32)cc1. The summed E-state index contributed by atoms with van der Waals surface area (Å²) in [6, 6.07) is 13.8. The summed E-state index contributed by atoms with van der Waals surface area (Å²) in [6.07, 6.45) is 0.965. The molecule has 2 aromatic rings. The molecule has 0 aromatic heterocycles. The lowest BCUT2D eigenvalue weighted by molar-refractivity contribution is -0.122. The van der Waals surface area contributed by atoms with E-state index in [2.05, 4.69) is 22.0 Å². The minimum Gasteiger partial charge on any atom is -0.348 e. The summed E-state index contributed by atoms with van der Waals surface area (Å²) in [4.78, 5) is 17.0. The third-order valence-corrected chi connectivity index (χ3v) is 6.01. The molecule has 27 heavy (non-hydrogen) atoms. The van der Waals surface area contributed by atoms with E-state index in [1.54, 1.807) is 25.1 Å². The molecule has 7 heteroatoms. The molecule has 0 unspecified atom stereocenters. The summed E-state index contributed by atoms with van der Waals surface area (Å²) in [5, 5.41) is 2.93. The van der Waals surface area contributed by atoms with Crippen molar-refractivity contribution in [2.45, 2.75) is 44.2 Å². The van der Waals surface area contributed by atoms with Crippen LogP contribution in [0.15, 0.2) is 58.4 Å². The first-order valence-corrected chi connectivity index (χ1v) is 10.4. The van der Waals surface area contributed by atoms with Crippen LogP contribution < -0.4 is 10.0 Å². The van der Waals surface area contributed by atoms with Crippen molar-refractivity contribution >= 4 is 21.8 Å². The molecule has 0 saturated heterocycles. The molecule has 2 aromatic carbocycles. The van der Waals surface area contributed by atoms with E-state index in [1.165, 1.54) is 11.6 Å². The Morgan fingerprint density at radius 2 is 1.78 bits per heavy atom. The lowest BCUT2D eigenvalue weighted by Crippen LogP contribution is -2.35. The van der Waals surface area contributed by atoms with Crippen molar-refractivity contribution in [2.75, 3.05) is 0 Å². The third-order valence-electron chi connectivity index (χ3n) is 4.61. The van der Waals surface area contributed by atoms with E-state index in [-0.39, 0.29) is 22.7 Å². The van der Waals surface area contributed by atoms with Crippen LogP contribution >= 0.6 is 0 Å². The molecule has 1 amide bonds. The van der Waals surface area contributed by atoms with E-state index in [0.29, 0.717) is 5.56 Å². The average Bonchev–Trinajstić information content (AvgIpc) is 2.92. The largest absolute Gasteiger partial charge is 0.348 e. The van der Waals surface area contributed by atoms with Gasteiger partial charge in [0.1, 0.15) is 11.9 Å². The summed E-state index contributed by atoms with van der Waals surface area (Å²) in [5.74, 6) is -0.0636. The molecule has 1 aliphatic heterocycles. The van der Waals surface area contributed by atoms with E-state index in [9.17, 15) is 13.2 Å². The number of amides is 1. The van der Waals surface area contributed by atoms with Gasteiger partial charge in [0.25, 0.3) is 10.0 Å². The first-order valence-electron chi connectivity index (χ1n) is 8.91. The van der Waals surface area contributed by atoms with Crippen LogP contribution in [0, 0.1) is 0 Å². The second kappa shape index (κ2) is 7.52. The maximum Gasteiger partial charge on any atom is 0.263 e. The zero-order chi connectivity index (χ0) is 19.6. The van der Waals surface area contributed by atoms with Crippen LogP contribution in [-0.2, 0) is 21.2 Å². The number of hydrogen-bond donors (Lipinski definition) is 2. The second-order valence-electron chi connectivity index (χ2n) is 6.58. The van der Waals surface area contributed by atoms with Crippen molar-refractivity contribution in [2.24, 2.45) is 4.99 Å². The molecule has 0 fully saturated rings. The van der Waals surface area contributed by atoms with E-state index < -0.39 is 16.1 Å². The molecule has 0 saturated carbocycles. The number of nitrogens with zero attached hydrogens (tertiary/aromatic N) is 1. The normalized spacial score (nSPS) is 18.4. The van der Waals surface area contributed by atoms with Crippen molar-refractivity contribution in [3.05, 3.63) is 65.2 Å². The van der Waals surface area contributed by atoms with Crippen LogP contribution in [0.1, 0.15) is 43.5 Å². The highest BCUT2D eigenvalue weighted by molar-refractivity contribution is 7.90. The van der Waals surface area contributed by atoms with Gasteiger partial charge < -0.3 is 5.32 Å². The number of sulfonamides is 1. The van der Waals surface area contributed by atoms with Gasteiger partial charge in [0, 0.05) is 5.56 Å². The fourth-order valence-electron chi connectivity index (χ4n) is 2.94. The van der Waals surface area contributed by atoms with E-state index in [0.717, 1.165) is 12.0 Å². The van der Waals surface area contributed by atoms with Crippen LogP contribution in [0.4, 0.5) is 0 Å². The molecule has 142 valence electrons. The quantitative estimate of drug-likeness (QED) is 0.829. The second-order valence-corrected chi connectivity index (χ2v) is 8.23. The Morgan fingerprint density at radius 1 is 1.11 bits per heavy atom. The number of fused-ring (bicyclic) bond motifs is 1. The molecular weight excluding hydrogens is 362 g/mol. The molecule has 1 aliphatic rings. The lowest BCUT2D eigenvalue weighted by Gasteiger charge is -2.17. The topological polar surface area (TPSA) is 87.6 Å². The van der Waals surface area contributed by atoms with Gasteiger partial charge in [-0.2, -0.15) is 0 Å². The van der Waals surface area contributed by atoms with Crippen molar-refractivity contribution in [3.8, 4) is 0 Å². The molecule has 3 rings (SSSR count). The fourth-order valence-corrected chi connectivity index (χ4v) is 4.18. The smallest absolute Gasteiger partial charge is 0.263 e. The summed E-state index contributed by atoms with van der Waals surface area (Å²) in [6.45, 7) is 5.65. The number of rotatable bonds is 5. The highest BCUT2D eigenvalue weighted by Crippen LogP contribution is 2.22. The lowest BCUT2D eigenvalue weighted by atomic mass is 10.0. The zero-order valence-electron chi connectivity index (χ0n) is 15.6. The fraction of sp³-hybridized carbons (Fsp3) is 0.300. The number of nitrogens with one attached hydrogen (secondary N) is 2. The summed E-state index contributed by atoms with van der Waals surface area (Å²) < 4.78 is 26.7. The Kier molecular flexibility index (Phi) is 5.32. The number of benzene rings is 2. The Morgan fingerprint density at radius 3 is 2.44 bits per heavy atom. The van der Waals surface area contributed by atoms with Gasteiger partial charge in [-0.3, -0.25) is 14.5 Å². The maximum atomic E-state index is 12.5. The van der Waals surface area contributed by atoms with Gasteiger partial charge >= 0.3 is 0 Å². The minimum absolute atomic E-state index is 0.168. The van der Waals surface area contributed by atoms with Gasteiger partial charge in [-0.05, 0) is 43.5 Å². The Hall–Kier alpha value is -2.67. The van der Waals surface area contributed by atoms with Crippen molar-refractivity contribution in [1.29, 1.82) is 0 Å². The van der Waals surface area contributed by atoms with Gasteiger partial charge in [-0.25, -0.2) is 8.42 Å². The summed E-state index contributed by atoms with van der Waals surface area (Å²) in [7, 11) is -3.61. The van der Waals surface area contributed by atoms with Crippen molar-refractivity contribution in [3.63, 3.8) is 0 Å². The van der Waals surface area contributed by atoms with E-state index in [1.807, 2.05) is 31.2 Å². The van der Waals surface area contributed by atoms with E-state index in [4.69, 9.17) is 0 Å². The molecule has 2 atom stereocenters. The molecule has 0 aliphatic carbocycles. The highest BCUT2D eigenvalue weighted by Gasteiger charge is 2.31. The standard InChI is InChI=1S/C20H23N3O3S/c1-4-15-9-11-16(12-10-15)13(2)22-20(24)14(3)21-19-17-7-5-6-8-18(17)27(25,26)23-19/h5-14H,4H2,1-3H3,(H,21,23)(H,22,24)/t13-,14-/m0/s1. The van der Waals surface area contributed by atoms with Gasteiger partial charge in [-0.1, -0.05) is 43.3 Å². The number of carbonyl (C=O) groups is 1. The first kappa shape index (κ1) is 19.1.